The molecule has 1 fully saturated rings. The molecule has 2 atom stereocenters. The lowest BCUT2D eigenvalue weighted by Gasteiger charge is -1.85. The quantitative estimate of drug-likeness (QED) is 0.584. The van der Waals surface area contributed by atoms with Crippen LogP contribution in [0.15, 0.2) is 0 Å². The molecule has 0 aliphatic heterocycles. The molecular weight excluding hydrogens is 104 g/mol. The molecule has 0 bridgehead atoms. The minimum Gasteiger partial charge on any atom is -0.481 e. The molecule has 1 aliphatic carbocycles. The van der Waals surface area contributed by atoms with Gasteiger partial charge in [-0.15, -0.1) is 0 Å². The van der Waals surface area contributed by atoms with E-state index in [1.165, 1.54) is 0 Å². The molecule has 1 N–H and O–H groups in total. The summed E-state index contributed by atoms with van der Waals surface area (Å²) >= 11 is 0. The van der Waals surface area contributed by atoms with E-state index in [4.69, 9.17) is 5.11 Å². The van der Waals surface area contributed by atoms with Crippen LogP contribution in [-0.2, 0) is 4.79 Å². The fourth-order valence-electron chi connectivity index (χ4n) is 0.908. The number of rotatable bonds is 2. The van der Waals surface area contributed by atoms with Crippen LogP contribution in [0.1, 0.15) is 19.8 Å². The zero-order chi connectivity index (χ0) is 6.15. The standard InChI is InChI=1S/C6H10O2/c1-4-2-5(4)3-6(7)8/h4-5H,2-3H2,1H3,(H,7,8)/t4-,5+/m1/s1. The van der Waals surface area contributed by atoms with E-state index in [1.807, 2.05) is 0 Å². The van der Waals surface area contributed by atoms with Gasteiger partial charge in [0.05, 0.1) is 0 Å². The van der Waals surface area contributed by atoms with Crippen LogP contribution in [0.4, 0.5) is 0 Å². The van der Waals surface area contributed by atoms with Gasteiger partial charge in [0.15, 0.2) is 0 Å². The van der Waals surface area contributed by atoms with Crippen LogP contribution in [-0.4, -0.2) is 11.1 Å². The summed E-state index contributed by atoms with van der Waals surface area (Å²) in [6, 6.07) is 0. The lowest BCUT2D eigenvalue weighted by atomic mass is 10.2. The van der Waals surface area contributed by atoms with Crippen LogP contribution < -0.4 is 0 Å². The van der Waals surface area contributed by atoms with Gasteiger partial charge in [0.1, 0.15) is 0 Å². The van der Waals surface area contributed by atoms with Crippen LogP contribution in [0.25, 0.3) is 0 Å². The van der Waals surface area contributed by atoms with Crippen LogP contribution >= 0.6 is 0 Å². The van der Waals surface area contributed by atoms with Gasteiger partial charge in [0.25, 0.3) is 0 Å². The number of carbonyl (C=O) groups is 1. The average Bonchev–Trinajstić information content (AvgIpc) is 2.17. The van der Waals surface area contributed by atoms with Gasteiger partial charge in [-0.2, -0.15) is 0 Å². The molecule has 2 nitrogen and oxygen atoms in total. The Morgan fingerprint density at radius 2 is 2.38 bits per heavy atom. The molecule has 1 saturated carbocycles. The van der Waals surface area contributed by atoms with E-state index in [-0.39, 0.29) is 0 Å². The van der Waals surface area contributed by atoms with Gasteiger partial charge in [0.2, 0.25) is 0 Å². The Labute approximate surface area is 48.5 Å². The third-order valence-electron chi connectivity index (χ3n) is 1.71. The number of hydrogen-bond acceptors (Lipinski definition) is 1. The fourth-order valence-corrected chi connectivity index (χ4v) is 0.908. The van der Waals surface area contributed by atoms with E-state index in [9.17, 15) is 4.79 Å². The number of aliphatic carboxylic acids is 1. The molecule has 1 aliphatic rings. The summed E-state index contributed by atoms with van der Waals surface area (Å²) in [7, 11) is 0. The van der Waals surface area contributed by atoms with Crippen molar-refractivity contribution < 1.29 is 9.90 Å². The summed E-state index contributed by atoms with van der Waals surface area (Å²) in [5.41, 5.74) is 0. The van der Waals surface area contributed by atoms with Crippen LogP contribution in [0.3, 0.4) is 0 Å². The molecule has 0 aromatic carbocycles. The van der Waals surface area contributed by atoms with Gasteiger partial charge in [0, 0.05) is 6.42 Å². The van der Waals surface area contributed by atoms with Gasteiger partial charge in [-0.25, -0.2) is 0 Å². The third-order valence-corrected chi connectivity index (χ3v) is 1.71. The predicted octanol–water partition coefficient (Wildman–Crippen LogP) is 1.12. The van der Waals surface area contributed by atoms with E-state index < -0.39 is 5.97 Å². The van der Waals surface area contributed by atoms with Crippen molar-refractivity contribution in [2.75, 3.05) is 0 Å². The van der Waals surface area contributed by atoms with Gasteiger partial charge >= 0.3 is 5.97 Å². The Morgan fingerprint density at radius 1 is 1.88 bits per heavy atom. The molecular formula is C6H10O2. The Morgan fingerprint density at radius 3 is 2.50 bits per heavy atom. The first-order valence-corrected chi connectivity index (χ1v) is 2.92. The highest BCUT2D eigenvalue weighted by Gasteiger charge is 2.33. The maximum atomic E-state index is 10.00. The second kappa shape index (κ2) is 1.77. The molecule has 0 saturated heterocycles. The molecule has 1 rings (SSSR count). The molecule has 46 valence electrons. The Hall–Kier alpha value is -0.530. The van der Waals surface area contributed by atoms with E-state index in [0.717, 1.165) is 6.42 Å². The van der Waals surface area contributed by atoms with Crippen molar-refractivity contribution in [1.82, 2.24) is 0 Å². The molecule has 0 radical (unpaired) electrons. The molecule has 0 aromatic heterocycles. The van der Waals surface area contributed by atoms with Crippen LogP contribution in [0.2, 0.25) is 0 Å². The maximum absolute atomic E-state index is 10.00. The number of carboxylic acids is 1. The topological polar surface area (TPSA) is 37.3 Å². The van der Waals surface area contributed by atoms with E-state index in [2.05, 4.69) is 6.92 Å². The second-order valence-corrected chi connectivity index (χ2v) is 2.57. The summed E-state index contributed by atoms with van der Waals surface area (Å²) < 4.78 is 0. The summed E-state index contributed by atoms with van der Waals surface area (Å²) in [4.78, 5) is 10.00. The summed E-state index contributed by atoms with van der Waals surface area (Å²) in [6.45, 7) is 2.09. The second-order valence-electron chi connectivity index (χ2n) is 2.57. The van der Waals surface area contributed by atoms with Gasteiger partial charge in [-0.05, 0) is 18.3 Å². The van der Waals surface area contributed by atoms with Crippen LogP contribution in [0.5, 0.6) is 0 Å². The van der Waals surface area contributed by atoms with Crippen molar-refractivity contribution in [1.29, 1.82) is 0 Å². The average molecular weight is 114 g/mol. The third kappa shape index (κ3) is 1.22. The zero-order valence-electron chi connectivity index (χ0n) is 4.92. The van der Waals surface area contributed by atoms with E-state index in [1.54, 1.807) is 0 Å². The highest BCUT2D eigenvalue weighted by molar-refractivity contribution is 5.67. The first-order chi connectivity index (χ1) is 3.70. The molecule has 0 unspecified atom stereocenters. The Bertz CT molecular complexity index is 109. The smallest absolute Gasteiger partial charge is 0.303 e. The van der Waals surface area contributed by atoms with Crippen molar-refractivity contribution in [3.05, 3.63) is 0 Å². The number of carboxylic acid groups (broad SMARTS) is 1. The minimum atomic E-state index is -0.653. The Balaban J connectivity index is 2.14. The molecule has 0 spiro atoms. The van der Waals surface area contributed by atoms with Gasteiger partial charge < -0.3 is 5.11 Å². The summed E-state index contributed by atoms with van der Waals surface area (Å²) in [6.07, 6.45) is 1.49. The molecule has 0 heterocycles. The Kier molecular flexibility index (Phi) is 1.24. The highest BCUT2D eigenvalue weighted by Crippen LogP contribution is 2.40. The monoisotopic (exact) mass is 114 g/mol. The van der Waals surface area contributed by atoms with Gasteiger partial charge in [-0.3, -0.25) is 4.79 Å². The van der Waals surface area contributed by atoms with Crippen molar-refractivity contribution >= 4 is 5.97 Å². The van der Waals surface area contributed by atoms with Gasteiger partial charge in [-0.1, -0.05) is 6.92 Å². The van der Waals surface area contributed by atoms with Crippen LogP contribution in [0, 0.1) is 11.8 Å². The van der Waals surface area contributed by atoms with Crippen molar-refractivity contribution in [2.24, 2.45) is 11.8 Å². The highest BCUT2D eigenvalue weighted by atomic mass is 16.4. The number of hydrogen-bond donors (Lipinski definition) is 1. The van der Waals surface area contributed by atoms with Crippen molar-refractivity contribution in [2.45, 2.75) is 19.8 Å². The van der Waals surface area contributed by atoms with E-state index in [0.29, 0.717) is 18.3 Å². The first-order valence-electron chi connectivity index (χ1n) is 2.92. The molecule has 8 heavy (non-hydrogen) atoms. The molecule has 2 heteroatoms. The summed E-state index contributed by atoms with van der Waals surface area (Å²) in [5.74, 6) is 0.512. The fraction of sp³-hybridized carbons (Fsp3) is 0.833. The van der Waals surface area contributed by atoms with E-state index >= 15 is 0 Å². The molecule has 0 amide bonds. The zero-order valence-corrected chi connectivity index (χ0v) is 4.92. The first kappa shape index (κ1) is 5.60. The normalized spacial score (nSPS) is 34.6. The van der Waals surface area contributed by atoms with Crippen molar-refractivity contribution in [3.8, 4) is 0 Å². The SMILES string of the molecule is C[C@@H]1C[C@H]1CC(=O)O. The largest absolute Gasteiger partial charge is 0.481 e. The summed E-state index contributed by atoms with van der Waals surface area (Å²) in [5, 5.41) is 8.24. The van der Waals surface area contributed by atoms with Crippen molar-refractivity contribution in [3.63, 3.8) is 0 Å². The minimum absolute atomic E-state index is 0.376. The lowest BCUT2D eigenvalue weighted by Crippen LogP contribution is -1.95. The maximum Gasteiger partial charge on any atom is 0.303 e. The lowest BCUT2D eigenvalue weighted by molar-refractivity contribution is -0.137. The predicted molar refractivity (Wildman–Crippen MR) is 29.5 cm³/mol. The molecule has 0 aromatic rings.